The van der Waals surface area contributed by atoms with Gasteiger partial charge in [0.05, 0.1) is 0 Å². The summed E-state index contributed by atoms with van der Waals surface area (Å²) in [4.78, 5) is 13.4. The lowest BCUT2D eigenvalue weighted by atomic mass is 10.0. The van der Waals surface area contributed by atoms with E-state index < -0.39 is 6.10 Å². The highest BCUT2D eigenvalue weighted by Gasteiger charge is 2.23. The molecule has 4 nitrogen and oxygen atoms in total. The van der Waals surface area contributed by atoms with Crippen LogP contribution < -0.4 is 15.4 Å². The Labute approximate surface area is 131 Å². The number of amides is 1. The van der Waals surface area contributed by atoms with Crippen LogP contribution in [0.4, 0.5) is 0 Å². The topological polar surface area (TPSA) is 50.4 Å². The Morgan fingerprint density at radius 1 is 1.43 bits per heavy atom. The molecule has 1 amide bonds. The highest BCUT2D eigenvalue weighted by atomic mass is 32.2. The Morgan fingerprint density at radius 3 is 2.76 bits per heavy atom. The molecule has 1 aromatic carbocycles. The lowest BCUT2D eigenvalue weighted by Gasteiger charge is -2.29. The molecule has 3 atom stereocenters. The van der Waals surface area contributed by atoms with Gasteiger partial charge in [-0.1, -0.05) is 0 Å². The van der Waals surface area contributed by atoms with Crippen LogP contribution in [-0.2, 0) is 4.79 Å². The molecule has 3 unspecified atom stereocenters. The molecule has 1 aromatic rings. The Hall–Kier alpha value is -1.20. The van der Waals surface area contributed by atoms with Crippen LogP contribution in [0, 0.1) is 0 Å². The predicted molar refractivity (Wildman–Crippen MR) is 86.9 cm³/mol. The smallest absolute Gasteiger partial charge is 0.260 e. The van der Waals surface area contributed by atoms with Crippen molar-refractivity contribution >= 4 is 17.7 Å². The van der Waals surface area contributed by atoms with Gasteiger partial charge in [-0.25, -0.2) is 0 Å². The maximum absolute atomic E-state index is 12.2. The van der Waals surface area contributed by atoms with Crippen LogP contribution >= 0.6 is 11.8 Å². The summed E-state index contributed by atoms with van der Waals surface area (Å²) in [5.41, 5.74) is 0. The van der Waals surface area contributed by atoms with Crippen molar-refractivity contribution in [3.8, 4) is 5.75 Å². The van der Waals surface area contributed by atoms with Crippen LogP contribution in [0.1, 0.15) is 26.7 Å². The van der Waals surface area contributed by atoms with Gasteiger partial charge < -0.3 is 15.4 Å². The molecule has 2 N–H and O–H groups in total. The molecule has 0 aromatic heterocycles. The van der Waals surface area contributed by atoms with E-state index in [1.54, 1.807) is 18.7 Å². The molecule has 1 aliphatic heterocycles. The molecule has 2 rings (SSSR count). The fourth-order valence-corrected chi connectivity index (χ4v) is 2.90. The van der Waals surface area contributed by atoms with Crippen molar-refractivity contribution in [1.82, 2.24) is 10.6 Å². The van der Waals surface area contributed by atoms with Crippen LogP contribution in [0.15, 0.2) is 29.2 Å². The molecule has 1 saturated heterocycles. The molecule has 5 heteroatoms. The van der Waals surface area contributed by atoms with E-state index in [1.807, 2.05) is 30.5 Å². The molecule has 116 valence electrons. The standard InChI is InChI=1S/C16H24N2O2S/c1-11-10-13(8-9-17-11)18-16(19)12(2)20-14-4-6-15(21-3)7-5-14/h4-7,11-13,17H,8-10H2,1-3H3,(H,18,19). The second-order valence-electron chi connectivity index (χ2n) is 5.52. The summed E-state index contributed by atoms with van der Waals surface area (Å²) in [5, 5.41) is 6.46. The maximum Gasteiger partial charge on any atom is 0.260 e. The molecule has 0 saturated carbocycles. The summed E-state index contributed by atoms with van der Waals surface area (Å²) >= 11 is 1.69. The van der Waals surface area contributed by atoms with E-state index in [9.17, 15) is 4.79 Å². The summed E-state index contributed by atoms with van der Waals surface area (Å²) < 4.78 is 5.71. The Kier molecular flexibility index (Phi) is 5.94. The number of nitrogens with one attached hydrogen (secondary N) is 2. The van der Waals surface area contributed by atoms with Crippen molar-refractivity contribution in [2.24, 2.45) is 0 Å². The van der Waals surface area contributed by atoms with E-state index >= 15 is 0 Å². The minimum absolute atomic E-state index is 0.0388. The molecule has 0 radical (unpaired) electrons. The molecule has 1 aliphatic rings. The molecule has 0 spiro atoms. The molecule has 21 heavy (non-hydrogen) atoms. The van der Waals surface area contributed by atoms with Gasteiger partial charge in [0.15, 0.2) is 6.10 Å². The summed E-state index contributed by atoms with van der Waals surface area (Å²) in [7, 11) is 0. The third-order valence-corrected chi connectivity index (χ3v) is 4.46. The number of piperidine rings is 1. The van der Waals surface area contributed by atoms with Crippen molar-refractivity contribution < 1.29 is 9.53 Å². The molecule has 1 heterocycles. The van der Waals surface area contributed by atoms with E-state index in [2.05, 4.69) is 17.6 Å². The average Bonchev–Trinajstić information content (AvgIpc) is 2.48. The normalized spacial score (nSPS) is 23.4. The van der Waals surface area contributed by atoms with E-state index in [1.165, 1.54) is 4.90 Å². The van der Waals surface area contributed by atoms with Gasteiger partial charge in [-0.3, -0.25) is 4.79 Å². The zero-order valence-corrected chi connectivity index (χ0v) is 13.7. The second-order valence-corrected chi connectivity index (χ2v) is 6.40. The first kappa shape index (κ1) is 16.2. The van der Waals surface area contributed by atoms with Gasteiger partial charge in [0.1, 0.15) is 5.75 Å². The molecular formula is C16H24N2O2S. The minimum atomic E-state index is -0.477. The Bertz CT molecular complexity index is 464. The number of benzene rings is 1. The summed E-state index contributed by atoms with van der Waals surface area (Å²) in [6.45, 7) is 4.89. The zero-order chi connectivity index (χ0) is 15.2. The Morgan fingerprint density at radius 2 is 2.14 bits per heavy atom. The predicted octanol–water partition coefficient (Wildman–Crippen LogP) is 2.43. The molecule has 0 aliphatic carbocycles. The average molecular weight is 308 g/mol. The monoisotopic (exact) mass is 308 g/mol. The molecule has 0 bridgehead atoms. The zero-order valence-electron chi connectivity index (χ0n) is 12.9. The van der Waals surface area contributed by atoms with Gasteiger partial charge in [-0.05, 0) is 63.8 Å². The summed E-state index contributed by atoms with van der Waals surface area (Å²) in [6.07, 6.45) is 3.51. The maximum atomic E-state index is 12.2. The van der Waals surface area contributed by atoms with E-state index in [4.69, 9.17) is 4.74 Å². The summed E-state index contributed by atoms with van der Waals surface area (Å²) in [5.74, 6) is 0.692. The number of ether oxygens (including phenoxy) is 1. The van der Waals surface area contributed by atoms with Crippen molar-refractivity contribution in [2.45, 2.75) is 49.8 Å². The largest absolute Gasteiger partial charge is 0.481 e. The van der Waals surface area contributed by atoms with Crippen LogP contribution in [0.25, 0.3) is 0 Å². The van der Waals surface area contributed by atoms with Crippen LogP contribution in [0.5, 0.6) is 5.75 Å². The van der Waals surface area contributed by atoms with E-state index in [-0.39, 0.29) is 11.9 Å². The van der Waals surface area contributed by atoms with E-state index in [0.717, 1.165) is 25.1 Å². The minimum Gasteiger partial charge on any atom is -0.481 e. The number of hydrogen-bond acceptors (Lipinski definition) is 4. The van der Waals surface area contributed by atoms with Crippen LogP contribution in [-0.4, -0.2) is 36.9 Å². The van der Waals surface area contributed by atoms with Gasteiger partial charge in [0.2, 0.25) is 0 Å². The fourth-order valence-electron chi connectivity index (χ4n) is 2.49. The van der Waals surface area contributed by atoms with Crippen molar-refractivity contribution in [2.75, 3.05) is 12.8 Å². The summed E-state index contributed by atoms with van der Waals surface area (Å²) in [6, 6.07) is 8.51. The molecular weight excluding hydrogens is 284 g/mol. The van der Waals surface area contributed by atoms with Gasteiger partial charge in [0, 0.05) is 17.0 Å². The van der Waals surface area contributed by atoms with Crippen molar-refractivity contribution in [1.29, 1.82) is 0 Å². The van der Waals surface area contributed by atoms with Gasteiger partial charge in [-0.2, -0.15) is 0 Å². The third-order valence-electron chi connectivity index (χ3n) is 3.71. The molecule has 1 fully saturated rings. The number of thioether (sulfide) groups is 1. The SMILES string of the molecule is CSc1ccc(OC(C)C(=O)NC2CCNC(C)C2)cc1. The lowest BCUT2D eigenvalue weighted by molar-refractivity contribution is -0.128. The fraction of sp³-hybridized carbons (Fsp3) is 0.562. The van der Waals surface area contributed by atoms with Gasteiger partial charge in [-0.15, -0.1) is 11.8 Å². The van der Waals surface area contributed by atoms with Gasteiger partial charge in [0.25, 0.3) is 5.91 Å². The van der Waals surface area contributed by atoms with Crippen molar-refractivity contribution in [3.63, 3.8) is 0 Å². The first-order valence-corrected chi connectivity index (χ1v) is 8.65. The highest BCUT2D eigenvalue weighted by Crippen LogP contribution is 2.20. The second kappa shape index (κ2) is 7.71. The van der Waals surface area contributed by atoms with Gasteiger partial charge >= 0.3 is 0 Å². The van der Waals surface area contributed by atoms with Crippen molar-refractivity contribution in [3.05, 3.63) is 24.3 Å². The van der Waals surface area contributed by atoms with Crippen LogP contribution in [0.2, 0.25) is 0 Å². The number of rotatable bonds is 5. The first-order chi connectivity index (χ1) is 10.1. The number of carbonyl (C=O) groups excluding carboxylic acids is 1. The Balaban J connectivity index is 1.83. The first-order valence-electron chi connectivity index (χ1n) is 7.43. The third kappa shape index (κ3) is 4.93. The number of hydrogen-bond donors (Lipinski definition) is 2. The number of carbonyl (C=O) groups is 1. The van der Waals surface area contributed by atoms with E-state index in [0.29, 0.717) is 6.04 Å². The lowest BCUT2D eigenvalue weighted by Crippen LogP contribution is -2.49. The highest BCUT2D eigenvalue weighted by molar-refractivity contribution is 7.98. The quantitative estimate of drug-likeness (QED) is 0.820. The van der Waals surface area contributed by atoms with Crippen LogP contribution in [0.3, 0.4) is 0 Å².